The maximum atomic E-state index is 3.47. The Labute approximate surface area is 102 Å². The van der Waals surface area contributed by atoms with E-state index in [0.717, 1.165) is 0 Å². The molecule has 2 heterocycles. The van der Waals surface area contributed by atoms with Crippen LogP contribution >= 0.6 is 0 Å². The maximum absolute atomic E-state index is 3.47. The minimum Gasteiger partial charge on any atom is -1.00 e. The van der Waals surface area contributed by atoms with Gasteiger partial charge in [-0.25, -0.2) is 0 Å². The second-order valence-corrected chi connectivity index (χ2v) is 1.44. The van der Waals surface area contributed by atoms with E-state index in [0.29, 0.717) is 0 Å². The summed E-state index contributed by atoms with van der Waals surface area (Å²) in [4.78, 5) is 0. The molecule has 0 saturated heterocycles. The first kappa shape index (κ1) is 18.4. The largest absolute Gasteiger partial charge is 2.00 e. The van der Waals surface area contributed by atoms with E-state index < -0.39 is 0 Å². The van der Waals surface area contributed by atoms with E-state index >= 15 is 0 Å². The predicted molar refractivity (Wildman–Crippen MR) is 35.1 cm³/mol. The van der Waals surface area contributed by atoms with Crippen molar-refractivity contribution >= 4 is 0 Å². The number of rotatable bonds is 0. The molecular formula is C6H6Cl2N4Pd-2. The quantitative estimate of drug-likeness (QED) is 0.455. The van der Waals surface area contributed by atoms with Gasteiger partial charge >= 0.3 is 20.4 Å². The van der Waals surface area contributed by atoms with Crippen molar-refractivity contribution in [2.45, 2.75) is 0 Å². The predicted octanol–water partition coefficient (Wildman–Crippen LogP) is -5.92. The number of nitrogens with zero attached hydrogens (tertiary/aromatic N) is 4. The average molecular weight is 311 g/mol. The molecule has 0 atom stereocenters. The Kier molecular flexibility index (Phi) is 20.2. The topological polar surface area (TPSA) is 54.0 Å². The molecule has 2 rings (SSSR count). The molecule has 4 nitrogen and oxygen atoms in total. The monoisotopic (exact) mass is 310 g/mol. The van der Waals surface area contributed by atoms with Gasteiger partial charge in [0.1, 0.15) is 0 Å². The third kappa shape index (κ3) is 11.7. The second-order valence-electron chi connectivity index (χ2n) is 1.44. The molecule has 0 spiro atoms. The molecule has 0 aliphatic heterocycles. The Morgan fingerprint density at radius 2 is 1.15 bits per heavy atom. The van der Waals surface area contributed by atoms with E-state index in [1.54, 1.807) is 36.9 Å². The molecule has 0 N–H and O–H groups in total. The molecule has 0 fully saturated rings. The zero-order chi connectivity index (χ0) is 7.07. The summed E-state index contributed by atoms with van der Waals surface area (Å²) < 4.78 is 0. The fourth-order valence-corrected chi connectivity index (χ4v) is 0.385. The molecule has 0 aromatic carbocycles. The normalized spacial score (nSPS) is 6.15. The molecule has 0 saturated carbocycles. The van der Waals surface area contributed by atoms with Crippen molar-refractivity contribution in [3.8, 4) is 0 Å². The number of halogens is 2. The first-order chi connectivity index (χ1) is 5.00. The molecule has 0 amide bonds. The van der Waals surface area contributed by atoms with Gasteiger partial charge in [-0.1, -0.05) is 12.1 Å². The van der Waals surface area contributed by atoms with Crippen LogP contribution in [-0.2, 0) is 20.4 Å². The summed E-state index contributed by atoms with van der Waals surface area (Å²) >= 11 is 0. The minimum absolute atomic E-state index is 0. The summed E-state index contributed by atoms with van der Waals surface area (Å²) in [5.74, 6) is 0. The Hall–Kier alpha value is -0.338. The van der Waals surface area contributed by atoms with Gasteiger partial charge in [-0.05, 0) is 0 Å². The van der Waals surface area contributed by atoms with Crippen molar-refractivity contribution in [1.82, 2.24) is 20.4 Å². The van der Waals surface area contributed by atoms with Gasteiger partial charge in [0.25, 0.3) is 0 Å². The van der Waals surface area contributed by atoms with Crippen molar-refractivity contribution in [2.75, 3.05) is 0 Å². The van der Waals surface area contributed by atoms with E-state index in [-0.39, 0.29) is 45.2 Å². The number of hydrogen-bond acceptors (Lipinski definition) is 2. The minimum atomic E-state index is 0. The molecular weight excluding hydrogens is 305 g/mol. The van der Waals surface area contributed by atoms with E-state index in [2.05, 4.69) is 20.4 Å². The fourth-order valence-electron chi connectivity index (χ4n) is 0.385. The number of hydrogen-bond donors (Lipinski definition) is 0. The van der Waals surface area contributed by atoms with Crippen LogP contribution in [0.1, 0.15) is 0 Å². The van der Waals surface area contributed by atoms with Crippen LogP contribution in [0.25, 0.3) is 0 Å². The third-order valence-corrected chi connectivity index (χ3v) is 0.744. The molecule has 7 heteroatoms. The van der Waals surface area contributed by atoms with Gasteiger partial charge in [0.05, 0.1) is 0 Å². The zero-order valence-electron chi connectivity index (χ0n) is 6.33. The van der Waals surface area contributed by atoms with E-state index in [4.69, 9.17) is 0 Å². The van der Waals surface area contributed by atoms with Crippen LogP contribution in [0.4, 0.5) is 0 Å². The molecule has 0 unspecified atom stereocenters. The average Bonchev–Trinajstić information content (AvgIpc) is 2.67. The molecule has 2 aromatic heterocycles. The van der Waals surface area contributed by atoms with E-state index in [1.165, 1.54) is 0 Å². The van der Waals surface area contributed by atoms with Gasteiger partial charge in [0, 0.05) is 12.4 Å². The van der Waals surface area contributed by atoms with Crippen LogP contribution in [0.15, 0.2) is 36.9 Å². The zero-order valence-corrected chi connectivity index (χ0v) is 9.39. The van der Waals surface area contributed by atoms with Gasteiger partial charge in [-0.2, -0.15) is 12.4 Å². The van der Waals surface area contributed by atoms with Crippen molar-refractivity contribution in [3.05, 3.63) is 36.9 Å². The van der Waals surface area contributed by atoms with Crippen LogP contribution in [0.2, 0.25) is 0 Å². The maximum Gasteiger partial charge on any atom is 2.00 e. The van der Waals surface area contributed by atoms with Gasteiger partial charge in [0.2, 0.25) is 0 Å². The second kappa shape index (κ2) is 14.2. The van der Waals surface area contributed by atoms with Crippen LogP contribution in [0, 0.1) is 0 Å². The van der Waals surface area contributed by atoms with Crippen molar-refractivity contribution in [2.24, 2.45) is 0 Å². The van der Waals surface area contributed by atoms with Gasteiger partial charge in [-0.15, -0.1) is 0 Å². The van der Waals surface area contributed by atoms with Gasteiger partial charge < -0.3 is 45.2 Å². The molecule has 0 radical (unpaired) electrons. The smallest absolute Gasteiger partial charge is 1.00 e. The summed E-state index contributed by atoms with van der Waals surface area (Å²) in [6.45, 7) is 0. The molecule has 0 aliphatic carbocycles. The molecule has 2 aromatic rings. The standard InChI is InChI=1S/2C3H3N2.2ClH.Pd/c2*1-2-4-5-3-1;;;/h2*1-3H;2*1H;/q2*-1;;;+2/p-2. The SMILES string of the molecule is [Cl-].[Cl-].[Pd+2].c1cn[n-]c1.c1cn[n-]c1. The Morgan fingerprint density at radius 3 is 1.23 bits per heavy atom. The Morgan fingerprint density at radius 1 is 0.769 bits per heavy atom. The van der Waals surface area contributed by atoms with Gasteiger partial charge in [-0.3, -0.25) is 0 Å². The van der Waals surface area contributed by atoms with Crippen LogP contribution < -0.4 is 35.0 Å². The van der Waals surface area contributed by atoms with Crippen molar-refractivity contribution < 1.29 is 45.2 Å². The molecule has 13 heavy (non-hydrogen) atoms. The molecule has 76 valence electrons. The summed E-state index contributed by atoms with van der Waals surface area (Å²) in [7, 11) is 0. The molecule has 0 aliphatic rings. The van der Waals surface area contributed by atoms with Crippen LogP contribution in [-0.4, -0.2) is 10.2 Å². The van der Waals surface area contributed by atoms with Crippen LogP contribution in [0.3, 0.4) is 0 Å². The summed E-state index contributed by atoms with van der Waals surface area (Å²) in [5.41, 5.74) is 0. The molecule has 0 bridgehead atoms. The third-order valence-electron chi connectivity index (χ3n) is 0.744. The first-order valence-electron chi connectivity index (χ1n) is 2.77. The Balaban J connectivity index is -0.000000125. The first-order valence-corrected chi connectivity index (χ1v) is 2.77. The van der Waals surface area contributed by atoms with Gasteiger partial charge in [0.15, 0.2) is 0 Å². The van der Waals surface area contributed by atoms with Crippen LogP contribution in [0.5, 0.6) is 0 Å². The van der Waals surface area contributed by atoms with E-state index in [9.17, 15) is 0 Å². The summed E-state index contributed by atoms with van der Waals surface area (Å²) in [6.07, 6.45) is 6.56. The van der Waals surface area contributed by atoms with Crippen molar-refractivity contribution in [1.29, 1.82) is 0 Å². The number of aromatic nitrogens is 4. The fraction of sp³-hybridized carbons (Fsp3) is 0. The summed E-state index contributed by atoms with van der Waals surface area (Å²) in [5, 5.41) is 13.9. The summed E-state index contributed by atoms with van der Waals surface area (Å²) in [6, 6.07) is 3.56. The Bertz CT molecular complexity index is 162. The van der Waals surface area contributed by atoms with E-state index in [1.807, 2.05) is 0 Å². The van der Waals surface area contributed by atoms with Crippen molar-refractivity contribution in [3.63, 3.8) is 0 Å².